The third-order valence-corrected chi connectivity index (χ3v) is 4.20. The van der Waals surface area contributed by atoms with E-state index in [2.05, 4.69) is 10.1 Å². The Balaban J connectivity index is 1.37. The summed E-state index contributed by atoms with van der Waals surface area (Å²) in [7, 11) is 0. The van der Waals surface area contributed by atoms with E-state index in [1.807, 2.05) is 17.5 Å². The van der Waals surface area contributed by atoms with Gasteiger partial charge < -0.3 is 18.7 Å². The van der Waals surface area contributed by atoms with Crippen LogP contribution in [-0.4, -0.2) is 22.9 Å². The predicted octanol–water partition coefficient (Wildman–Crippen LogP) is 3.28. The highest BCUT2D eigenvalue weighted by Crippen LogP contribution is 2.35. The zero-order chi connectivity index (χ0) is 17.1. The molecule has 0 amide bonds. The molecule has 0 spiro atoms. The molecule has 0 N–H and O–H groups in total. The maximum atomic E-state index is 11.7. The van der Waals surface area contributed by atoms with E-state index in [4.69, 9.17) is 18.7 Å². The largest absolute Gasteiger partial charge is 0.454 e. The topological polar surface area (TPSA) is 83.7 Å². The van der Waals surface area contributed by atoms with E-state index in [-0.39, 0.29) is 19.3 Å². The average Bonchev–Trinajstić information content (AvgIpc) is 3.39. The van der Waals surface area contributed by atoms with Crippen LogP contribution in [0.3, 0.4) is 0 Å². The molecular formula is C17H12N2O5S. The first kappa shape index (κ1) is 15.4. The number of benzene rings is 1. The second-order valence-electron chi connectivity index (χ2n) is 5.04. The van der Waals surface area contributed by atoms with Crippen LogP contribution in [0.25, 0.3) is 17.5 Å². The van der Waals surface area contributed by atoms with E-state index in [0.29, 0.717) is 17.3 Å². The molecule has 0 unspecified atom stereocenters. The predicted molar refractivity (Wildman–Crippen MR) is 89.0 cm³/mol. The molecule has 0 saturated heterocycles. The van der Waals surface area contributed by atoms with Gasteiger partial charge in [-0.2, -0.15) is 4.98 Å². The molecule has 2 aromatic heterocycles. The van der Waals surface area contributed by atoms with Gasteiger partial charge in [-0.15, -0.1) is 11.3 Å². The minimum Gasteiger partial charge on any atom is -0.454 e. The van der Waals surface area contributed by atoms with Crippen LogP contribution in [0.1, 0.15) is 10.8 Å². The number of esters is 1. The van der Waals surface area contributed by atoms with Crippen molar-refractivity contribution in [1.82, 2.24) is 10.1 Å². The molecule has 0 bridgehead atoms. The Morgan fingerprint density at radius 1 is 1.28 bits per heavy atom. The highest BCUT2D eigenvalue weighted by Gasteiger charge is 2.16. The number of aromatic nitrogens is 2. The third-order valence-electron chi connectivity index (χ3n) is 3.36. The first-order valence-electron chi connectivity index (χ1n) is 7.39. The van der Waals surface area contributed by atoms with Gasteiger partial charge in [0, 0.05) is 16.5 Å². The van der Waals surface area contributed by atoms with Crippen LogP contribution in [0.4, 0.5) is 0 Å². The Hall–Kier alpha value is -3.13. The van der Waals surface area contributed by atoms with Gasteiger partial charge in [0.05, 0.1) is 0 Å². The summed E-state index contributed by atoms with van der Waals surface area (Å²) in [5.41, 5.74) is 0.725. The number of hydrogen-bond donors (Lipinski definition) is 0. The smallest absolute Gasteiger partial charge is 0.331 e. The Morgan fingerprint density at radius 2 is 2.20 bits per heavy atom. The second-order valence-corrected chi connectivity index (χ2v) is 6.02. The quantitative estimate of drug-likeness (QED) is 0.512. The summed E-state index contributed by atoms with van der Waals surface area (Å²) in [6.07, 6.45) is 3.06. The molecule has 1 aromatic carbocycles. The number of thiophene rings is 1. The van der Waals surface area contributed by atoms with Crippen molar-refractivity contribution in [2.45, 2.75) is 6.61 Å². The Labute approximate surface area is 146 Å². The fraction of sp³-hybridized carbons (Fsp3) is 0.118. The van der Waals surface area contributed by atoms with E-state index >= 15 is 0 Å². The first-order chi connectivity index (χ1) is 12.3. The molecule has 25 heavy (non-hydrogen) atoms. The lowest BCUT2D eigenvalue weighted by atomic mass is 10.2. The molecule has 8 heteroatoms. The van der Waals surface area contributed by atoms with E-state index in [0.717, 1.165) is 10.4 Å². The van der Waals surface area contributed by atoms with Crippen molar-refractivity contribution in [3.8, 4) is 22.9 Å². The lowest BCUT2D eigenvalue weighted by Gasteiger charge is -1.98. The fourth-order valence-corrected chi connectivity index (χ4v) is 2.80. The van der Waals surface area contributed by atoms with Crippen molar-refractivity contribution in [1.29, 1.82) is 0 Å². The molecule has 0 fully saturated rings. The maximum Gasteiger partial charge on any atom is 0.331 e. The lowest BCUT2D eigenvalue weighted by Crippen LogP contribution is -2.00. The summed E-state index contributed by atoms with van der Waals surface area (Å²) in [6.45, 7) is 0.108. The number of ether oxygens (including phenoxy) is 3. The Morgan fingerprint density at radius 3 is 3.08 bits per heavy atom. The monoisotopic (exact) mass is 356 g/mol. The molecule has 1 aliphatic rings. The van der Waals surface area contributed by atoms with Crippen molar-refractivity contribution in [3.63, 3.8) is 0 Å². The van der Waals surface area contributed by atoms with Gasteiger partial charge in [0.25, 0.3) is 5.89 Å². The zero-order valence-corrected chi connectivity index (χ0v) is 13.7. The van der Waals surface area contributed by atoms with Gasteiger partial charge in [0.15, 0.2) is 18.1 Å². The number of nitrogens with zero attached hydrogens (tertiary/aromatic N) is 2. The van der Waals surface area contributed by atoms with E-state index in [1.54, 1.807) is 24.3 Å². The Kier molecular flexibility index (Phi) is 4.17. The van der Waals surface area contributed by atoms with Crippen LogP contribution < -0.4 is 9.47 Å². The van der Waals surface area contributed by atoms with Gasteiger partial charge in [-0.05, 0) is 35.7 Å². The van der Waals surface area contributed by atoms with Crippen LogP contribution in [0.5, 0.6) is 11.5 Å². The third kappa shape index (κ3) is 3.53. The van der Waals surface area contributed by atoms with Gasteiger partial charge >= 0.3 is 5.97 Å². The van der Waals surface area contributed by atoms with E-state index in [1.165, 1.54) is 17.4 Å². The number of carbonyl (C=O) groups is 1. The Bertz CT molecular complexity index is 917. The number of rotatable bonds is 5. The second kappa shape index (κ2) is 6.78. The van der Waals surface area contributed by atoms with E-state index < -0.39 is 5.97 Å². The van der Waals surface area contributed by atoms with Crippen molar-refractivity contribution in [3.05, 3.63) is 52.6 Å². The molecule has 4 rings (SSSR count). The SMILES string of the molecule is O=C(C=Cc1cccs1)OCc1nc(-c2ccc3c(c2)OCO3)no1. The van der Waals surface area contributed by atoms with Crippen molar-refractivity contribution >= 4 is 23.4 Å². The molecule has 0 atom stereocenters. The number of fused-ring (bicyclic) bond motifs is 1. The van der Waals surface area contributed by atoms with Gasteiger partial charge in [-0.25, -0.2) is 4.79 Å². The summed E-state index contributed by atoms with van der Waals surface area (Å²) >= 11 is 1.53. The zero-order valence-electron chi connectivity index (χ0n) is 12.9. The van der Waals surface area contributed by atoms with Gasteiger partial charge in [-0.3, -0.25) is 0 Å². The summed E-state index contributed by atoms with van der Waals surface area (Å²) in [5.74, 6) is 1.44. The molecule has 3 heterocycles. The van der Waals surface area contributed by atoms with Gasteiger partial charge in [0.2, 0.25) is 12.6 Å². The standard InChI is InChI=1S/C17H12N2O5S/c20-16(6-4-12-2-1-7-25-12)21-9-15-18-17(19-24-15)11-3-5-13-14(8-11)23-10-22-13/h1-8H,9-10H2. The van der Waals surface area contributed by atoms with Crippen LogP contribution in [0, 0.1) is 0 Å². The molecule has 0 radical (unpaired) electrons. The van der Waals surface area contributed by atoms with Gasteiger partial charge in [0.1, 0.15) is 0 Å². The van der Waals surface area contributed by atoms with Crippen molar-refractivity contribution in [2.75, 3.05) is 6.79 Å². The summed E-state index contributed by atoms with van der Waals surface area (Å²) < 4.78 is 20.8. The van der Waals surface area contributed by atoms with Crippen molar-refractivity contribution < 1.29 is 23.5 Å². The average molecular weight is 356 g/mol. The highest BCUT2D eigenvalue weighted by atomic mass is 32.1. The van der Waals surface area contributed by atoms with Crippen LogP contribution in [0.15, 0.2) is 46.3 Å². The minimum absolute atomic E-state index is 0.0921. The van der Waals surface area contributed by atoms with E-state index in [9.17, 15) is 4.79 Å². The first-order valence-corrected chi connectivity index (χ1v) is 8.27. The number of carbonyl (C=O) groups excluding carboxylic acids is 1. The minimum atomic E-state index is -0.476. The molecule has 126 valence electrons. The van der Waals surface area contributed by atoms with Crippen LogP contribution >= 0.6 is 11.3 Å². The molecule has 7 nitrogen and oxygen atoms in total. The molecule has 0 aliphatic carbocycles. The van der Waals surface area contributed by atoms with Crippen LogP contribution in [-0.2, 0) is 16.1 Å². The fourth-order valence-electron chi connectivity index (χ4n) is 2.18. The summed E-state index contributed by atoms with van der Waals surface area (Å²) in [4.78, 5) is 16.9. The maximum absolute atomic E-state index is 11.7. The highest BCUT2D eigenvalue weighted by molar-refractivity contribution is 7.10. The molecule has 1 aliphatic heterocycles. The number of hydrogen-bond acceptors (Lipinski definition) is 8. The normalized spacial score (nSPS) is 12.6. The molecular weight excluding hydrogens is 344 g/mol. The summed E-state index contributed by atoms with van der Waals surface area (Å²) in [6, 6.07) is 9.17. The lowest BCUT2D eigenvalue weighted by molar-refractivity contribution is -0.139. The van der Waals surface area contributed by atoms with Crippen LogP contribution in [0.2, 0.25) is 0 Å². The van der Waals surface area contributed by atoms with Gasteiger partial charge in [-0.1, -0.05) is 11.2 Å². The molecule has 0 saturated carbocycles. The summed E-state index contributed by atoms with van der Waals surface area (Å²) in [5, 5.41) is 5.82. The molecule has 3 aromatic rings. The van der Waals surface area contributed by atoms with Crippen molar-refractivity contribution in [2.24, 2.45) is 0 Å².